The molecule has 0 spiro atoms. The van der Waals surface area contributed by atoms with Gasteiger partial charge >= 0.3 is 0 Å². The highest BCUT2D eigenvalue weighted by molar-refractivity contribution is 7.07. The first-order valence-corrected chi connectivity index (χ1v) is 9.49. The Morgan fingerprint density at radius 1 is 1.21 bits per heavy atom. The predicted molar refractivity (Wildman–Crippen MR) is 108 cm³/mol. The molecule has 0 atom stereocenters. The average Bonchev–Trinajstić information content (AvgIpc) is 3.30. The molecule has 28 heavy (non-hydrogen) atoms. The number of nitro benzene ring substituents is 1. The number of para-hydroxylation sites is 3. The summed E-state index contributed by atoms with van der Waals surface area (Å²) in [6, 6.07) is 16.2. The Kier molecular flexibility index (Phi) is 5.05. The second kappa shape index (κ2) is 7.79. The molecule has 0 amide bonds. The zero-order chi connectivity index (χ0) is 19.5. The quantitative estimate of drug-likeness (QED) is 0.348. The van der Waals surface area contributed by atoms with Gasteiger partial charge in [0.15, 0.2) is 10.6 Å². The summed E-state index contributed by atoms with van der Waals surface area (Å²) in [4.78, 5) is 16.1. The first kappa shape index (κ1) is 18.1. The van der Waals surface area contributed by atoms with E-state index >= 15 is 0 Å². The number of ether oxygens (including phenoxy) is 1. The van der Waals surface area contributed by atoms with Crippen molar-refractivity contribution in [3.05, 3.63) is 74.9 Å². The van der Waals surface area contributed by atoms with E-state index in [1.54, 1.807) is 25.3 Å². The van der Waals surface area contributed by atoms with Crippen molar-refractivity contribution < 1.29 is 14.1 Å². The van der Waals surface area contributed by atoms with Crippen LogP contribution in [0.1, 0.15) is 0 Å². The average molecular weight is 395 g/mol. The lowest BCUT2D eigenvalue weighted by molar-refractivity contribution is -0.384. The zero-order valence-corrected chi connectivity index (χ0v) is 15.9. The van der Waals surface area contributed by atoms with Crippen LogP contribution in [0.2, 0.25) is 0 Å². The van der Waals surface area contributed by atoms with Gasteiger partial charge in [-0.05, 0) is 18.2 Å². The standard InChI is InChI=1S/C20H17N3O4S/c1-26-11-10-22-17(19-12-14-6-2-5-9-18(14)27-19)13-28-20(22)21-15-7-3-4-8-16(15)23(24)25/h2-9,12-13H,10-11H2,1H3. The molecule has 8 heteroatoms. The number of methoxy groups -OCH3 is 1. The van der Waals surface area contributed by atoms with Crippen molar-refractivity contribution in [2.24, 2.45) is 4.99 Å². The number of rotatable bonds is 6. The molecule has 4 aromatic rings. The Morgan fingerprint density at radius 3 is 2.79 bits per heavy atom. The van der Waals surface area contributed by atoms with E-state index in [0.717, 1.165) is 22.4 Å². The fourth-order valence-electron chi connectivity index (χ4n) is 2.94. The van der Waals surface area contributed by atoms with Gasteiger partial charge in [-0.3, -0.25) is 10.1 Å². The van der Waals surface area contributed by atoms with Gasteiger partial charge in [0.2, 0.25) is 0 Å². The van der Waals surface area contributed by atoms with Crippen LogP contribution in [-0.2, 0) is 11.3 Å². The molecule has 0 saturated heterocycles. The van der Waals surface area contributed by atoms with Crippen LogP contribution in [0.5, 0.6) is 0 Å². The minimum absolute atomic E-state index is 0.0283. The molecule has 2 aromatic carbocycles. The highest BCUT2D eigenvalue weighted by atomic mass is 32.1. The lowest BCUT2D eigenvalue weighted by Crippen LogP contribution is -2.18. The van der Waals surface area contributed by atoms with E-state index in [0.29, 0.717) is 23.6 Å². The van der Waals surface area contributed by atoms with Gasteiger partial charge in [0.05, 0.1) is 17.2 Å². The first-order valence-electron chi connectivity index (χ1n) is 8.62. The summed E-state index contributed by atoms with van der Waals surface area (Å²) in [5.74, 6) is 0.720. The molecular weight excluding hydrogens is 378 g/mol. The topological polar surface area (TPSA) is 82.8 Å². The Hall–Kier alpha value is -3.23. The molecule has 0 aliphatic heterocycles. The smallest absolute Gasteiger partial charge is 0.294 e. The van der Waals surface area contributed by atoms with Crippen molar-refractivity contribution in [2.45, 2.75) is 6.54 Å². The summed E-state index contributed by atoms with van der Waals surface area (Å²) < 4.78 is 13.2. The van der Waals surface area contributed by atoms with Crippen molar-refractivity contribution in [3.63, 3.8) is 0 Å². The van der Waals surface area contributed by atoms with Crippen molar-refractivity contribution in [2.75, 3.05) is 13.7 Å². The van der Waals surface area contributed by atoms with Crippen molar-refractivity contribution >= 4 is 33.7 Å². The second-order valence-corrected chi connectivity index (χ2v) is 6.89. The molecule has 4 rings (SSSR count). The monoisotopic (exact) mass is 395 g/mol. The minimum Gasteiger partial charge on any atom is -0.454 e. The lowest BCUT2D eigenvalue weighted by Gasteiger charge is -2.06. The maximum Gasteiger partial charge on any atom is 0.294 e. The number of aromatic nitrogens is 1. The molecule has 7 nitrogen and oxygen atoms in total. The second-order valence-electron chi connectivity index (χ2n) is 6.05. The van der Waals surface area contributed by atoms with Gasteiger partial charge in [-0.25, -0.2) is 4.99 Å². The molecule has 0 aliphatic rings. The largest absolute Gasteiger partial charge is 0.454 e. The van der Waals surface area contributed by atoms with Crippen LogP contribution in [0.4, 0.5) is 11.4 Å². The molecule has 2 aromatic heterocycles. The third kappa shape index (κ3) is 3.47. The Bertz CT molecular complexity index is 1170. The van der Waals surface area contributed by atoms with E-state index in [1.165, 1.54) is 17.4 Å². The summed E-state index contributed by atoms with van der Waals surface area (Å²) >= 11 is 1.40. The van der Waals surface area contributed by atoms with Crippen LogP contribution in [0.15, 0.2) is 69.4 Å². The van der Waals surface area contributed by atoms with Gasteiger partial charge in [-0.2, -0.15) is 0 Å². The molecule has 0 saturated carbocycles. The van der Waals surface area contributed by atoms with Crippen LogP contribution in [0.25, 0.3) is 22.4 Å². The summed E-state index contributed by atoms with van der Waals surface area (Å²) in [5, 5.41) is 14.3. The number of nitrogens with zero attached hydrogens (tertiary/aromatic N) is 3. The fraction of sp³-hybridized carbons (Fsp3) is 0.150. The summed E-state index contributed by atoms with van der Waals surface area (Å²) in [6.45, 7) is 1.03. The van der Waals surface area contributed by atoms with Crippen LogP contribution >= 0.6 is 11.3 Å². The van der Waals surface area contributed by atoms with Gasteiger partial charge in [0.25, 0.3) is 5.69 Å². The molecule has 0 bridgehead atoms. The third-order valence-electron chi connectivity index (χ3n) is 4.29. The van der Waals surface area contributed by atoms with Crippen LogP contribution < -0.4 is 4.80 Å². The van der Waals surface area contributed by atoms with E-state index in [4.69, 9.17) is 9.15 Å². The Labute approximate surface area is 164 Å². The van der Waals surface area contributed by atoms with Crippen LogP contribution in [-0.4, -0.2) is 23.2 Å². The highest BCUT2D eigenvalue weighted by Crippen LogP contribution is 2.29. The van der Waals surface area contributed by atoms with E-state index in [1.807, 2.05) is 40.3 Å². The maximum absolute atomic E-state index is 11.3. The number of thiazole rings is 1. The zero-order valence-electron chi connectivity index (χ0n) is 15.1. The summed E-state index contributed by atoms with van der Waals surface area (Å²) in [5.41, 5.74) is 1.95. The van der Waals surface area contributed by atoms with Crippen molar-refractivity contribution in [1.29, 1.82) is 0 Å². The summed E-state index contributed by atoms with van der Waals surface area (Å²) in [6.07, 6.45) is 0. The third-order valence-corrected chi connectivity index (χ3v) is 5.15. The minimum atomic E-state index is -0.425. The first-order chi connectivity index (χ1) is 13.7. The predicted octanol–water partition coefficient (Wildman–Crippen LogP) is 4.75. The number of fused-ring (bicyclic) bond motifs is 1. The van der Waals surface area contributed by atoms with Gasteiger partial charge < -0.3 is 13.7 Å². The SMILES string of the molecule is COCCn1c(-c2cc3ccccc3o2)csc1=Nc1ccccc1[N+](=O)[O-]. The number of hydrogen-bond acceptors (Lipinski definition) is 6. The van der Waals surface area contributed by atoms with Crippen LogP contribution in [0, 0.1) is 10.1 Å². The van der Waals surface area contributed by atoms with Gasteiger partial charge in [0, 0.05) is 30.5 Å². The molecule has 0 radical (unpaired) electrons. The molecule has 0 fully saturated rings. The van der Waals surface area contributed by atoms with E-state index in [-0.39, 0.29) is 5.69 Å². The maximum atomic E-state index is 11.3. The number of benzene rings is 2. The lowest BCUT2D eigenvalue weighted by atomic mass is 10.2. The molecule has 0 aliphatic carbocycles. The van der Waals surface area contributed by atoms with Crippen LogP contribution in [0.3, 0.4) is 0 Å². The number of hydrogen-bond donors (Lipinski definition) is 0. The summed E-state index contributed by atoms with van der Waals surface area (Å²) in [7, 11) is 1.63. The van der Waals surface area contributed by atoms with E-state index in [9.17, 15) is 10.1 Å². The number of nitro groups is 1. The van der Waals surface area contributed by atoms with Gasteiger partial charge in [-0.1, -0.05) is 30.3 Å². The Morgan fingerprint density at radius 2 is 2.00 bits per heavy atom. The van der Waals surface area contributed by atoms with Gasteiger partial charge in [-0.15, -0.1) is 11.3 Å². The van der Waals surface area contributed by atoms with Crippen molar-refractivity contribution in [3.8, 4) is 11.5 Å². The fourth-order valence-corrected chi connectivity index (χ4v) is 3.87. The van der Waals surface area contributed by atoms with E-state index < -0.39 is 4.92 Å². The normalized spacial score (nSPS) is 12.0. The van der Waals surface area contributed by atoms with Gasteiger partial charge in [0.1, 0.15) is 11.3 Å². The van der Waals surface area contributed by atoms with E-state index in [2.05, 4.69) is 4.99 Å². The molecule has 0 N–H and O–H groups in total. The molecular formula is C20H17N3O4S. The number of furan rings is 1. The highest BCUT2D eigenvalue weighted by Gasteiger charge is 2.15. The Balaban J connectivity index is 1.86. The molecule has 142 valence electrons. The molecule has 0 unspecified atom stereocenters. The van der Waals surface area contributed by atoms with Crippen molar-refractivity contribution in [1.82, 2.24) is 4.57 Å². The molecule has 2 heterocycles.